The minimum atomic E-state index is -0.618. The summed E-state index contributed by atoms with van der Waals surface area (Å²) in [6.07, 6.45) is 1.13. The van der Waals surface area contributed by atoms with E-state index in [9.17, 15) is 14.0 Å². The van der Waals surface area contributed by atoms with Crippen LogP contribution in [0.1, 0.15) is 12.8 Å². The fourth-order valence-corrected chi connectivity index (χ4v) is 2.35. The van der Waals surface area contributed by atoms with Crippen molar-refractivity contribution in [2.45, 2.75) is 12.8 Å². The molecule has 6 nitrogen and oxygen atoms in total. The zero-order valence-corrected chi connectivity index (χ0v) is 14.4. The number of ether oxygens (including phenoxy) is 2. The van der Waals surface area contributed by atoms with E-state index in [0.717, 1.165) is 12.5 Å². The van der Waals surface area contributed by atoms with Crippen molar-refractivity contribution in [3.63, 3.8) is 0 Å². The van der Waals surface area contributed by atoms with Crippen LogP contribution in [0.5, 0.6) is 5.75 Å². The minimum Gasteiger partial charge on any atom is -0.484 e. The summed E-state index contributed by atoms with van der Waals surface area (Å²) in [7, 11) is 0. The Kier molecular flexibility index (Phi) is 7.21. The molecule has 1 aliphatic rings. The summed E-state index contributed by atoms with van der Waals surface area (Å²) < 4.78 is 23.6. The van der Waals surface area contributed by atoms with Crippen LogP contribution in [0.15, 0.2) is 30.5 Å². The molecule has 2 amide bonds. The van der Waals surface area contributed by atoms with Crippen LogP contribution in [0.2, 0.25) is 5.02 Å². The number of halogens is 2. The Balaban J connectivity index is 1.63. The third-order valence-electron chi connectivity index (χ3n) is 3.60. The SMILES string of the molecule is C=C(CCNC(=O)C1CCOC1)NC(=O)COc1ccc(Cl)c(F)c1. The lowest BCUT2D eigenvalue weighted by Crippen LogP contribution is -2.34. The lowest BCUT2D eigenvalue weighted by molar-refractivity contribution is -0.124. The van der Waals surface area contributed by atoms with Crippen molar-refractivity contribution in [3.05, 3.63) is 41.3 Å². The fraction of sp³-hybridized carbons (Fsp3) is 0.412. The summed E-state index contributed by atoms with van der Waals surface area (Å²) in [5, 5.41) is 5.33. The first-order chi connectivity index (χ1) is 12.0. The van der Waals surface area contributed by atoms with Crippen molar-refractivity contribution in [1.82, 2.24) is 10.6 Å². The molecule has 8 heteroatoms. The smallest absolute Gasteiger partial charge is 0.262 e. The Hall–Kier alpha value is -2.12. The normalized spacial score (nSPS) is 16.3. The maximum absolute atomic E-state index is 13.3. The van der Waals surface area contributed by atoms with Gasteiger partial charge in [-0.25, -0.2) is 4.39 Å². The van der Waals surface area contributed by atoms with Crippen LogP contribution in [-0.4, -0.2) is 38.2 Å². The molecule has 1 aromatic rings. The summed E-state index contributed by atoms with van der Waals surface area (Å²) in [4.78, 5) is 23.6. The maximum Gasteiger partial charge on any atom is 0.262 e. The molecule has 0 bridgehead atoms. The summed E-state index contributed by atoms with van der Waals surface area (Å²) in [5.74, 6) is -0.988. The Morgan fingerprint density at radius 2 is 2.24 bits per heavy atom. The molecule has 1 fully saturated rings. The highest BCUT2D eigenvalue weighted by molar-refractivity contribution is 6.30. The van der Waals surface area contributed by atoms with Crippen LogP contribution in [0.25, 0.3) is 0 Å². The average molecular weight is 371 g/mol. The first kappa shape index (κ1) is 19.2. The van der Waals surface area contributed by atoms with Gasteiger partial charge in [-0.15, -0.1) is 0 Å². The summed E-state index contributed by atoms with van der Waals surface area (Å²) in [6.45, 7) is 4.88. The van der Waals surface area contributed by atoms with Gasteiger partial charge in [-0.05, 0) is 18.6 Å². The van der Waals surface area contributed by atoms with E-state index < -0.39 is 11.7 Å². The molecule has 2 rings (SSSR count). The van der Waals surface area contributed by atoms with E-state index in [-0.39, 0.29) is 29.2 Å². The number of hydrogen-bond acceptors (Lipinski definition) is 4. The molecule has 1 atom stereocenters. The van der Waals surface area contributed by atoms with Gasteiger partial charge in [0.15, 0.2) is 6.61 Å². The van der Waals surface area contributed by atoms with E-state index in [0.29, 0.717) is 31.9 Å². The molecule has 1 aromatic carbocycles. The van der Waals surface area contributed by atoms with Crippen LogP contribution >= 0.6 is 11.6 Å². The highest BCUT2D eigenvalue weighted by atomic mass is 35.5. The number of amides is 2. The van der Waals surface area contributed by atoms with Gasteiger partial charge in [0.25, 0.3) is 5.91 Å². The molecule has 0 spiro atoms. The number of carbonyl (C=O) groups is 2. The topological polar surface area (TPSA) is 76.7 Å². The van der Waals surface area contributed by atoms with Crippen molar-refractivity contribution >= 4 is 23.4 Å². The molecule has 0 aromatic heterocycles. The molecule has 25 heavy (non-hydrogen) atoms. The Morgan fingerprint density at radius 1 is 1.44 bits per heavy atom. The summed E-state index contributed by atoms with van der Waals surface area (Å²) >= 11 is 5.57. The third-order valence-corrected chi connectivity index (χ3v) is 3.91. The number of nitrogens with one attached hydrogen (secondary N) is 2. The Morgan fingerprint density at radius 3 is 2.92 bits per heavy atom. The first-order valence-electron chi connectivity index (χ1n) is 7.86. The van der Waals surface area contributed by atoms with Gasteiger partial charge in [0, 0.05) is 31.3 Å². The van der Waals surface area contributed by atoms with Gasteiger partial charge in [0.1, 0.15) is 11.6 Å². The van der Waals surface area contributed by atoms with Crippen LogP contribution < -0.4 is 15.4 Å². The predicted molar refractivity (Wildman–Crippen MR) is 90.7 cm³/mol. The van der Waals surface area contributed by atoms with Crippen LogP contribution in [0.3, 0.4) is 0 Å². The van der Waals surface area contributed by atoms with Crippen molar-refractivity contribution in [2.24, 2.45) is 5.92 Å². The molecule has 2 N–H and O–H groups in total. The Labute approximate surface area is 150 Å². The van der Waals surface area contributed by atoms with Gasteiger partial charge in [0.05, 0.1) is 17.5 Å². The number of benzene rings is 1. The van der Waals surface area contributed by atoms with Gasteiger partial charge in [0.2, 0.25) is 5.91 Å². The molecule has 0 radical (unpaired) electrons. The standard InChI is InChI=1S/C17H20ClFN2O4/c1-11(4-6-20-17(23)12-5-7-24-9-12)21-16(22)10-25-13-2-3-14(18)15(19)8-13/h2-3,8,12H,1,4-7,9-10H2,(H,20,23)(H,21,22). The van der Waals surface area contributed by atoms with Gasteiger partial charge >= 0.3 is 0 Å². The summed E-state index contributed by atoms with van der Waals surface area (Å²) in [5.41, 5.74) is 0.457. The monoisotopic (exact) mass is 370 g/mol. The molecule has 1 saturated heterocycles. The molecular weight excluding hydrogens is 351 g/mol. The highest BCUT2D eigenvalue weighted by Crippen LogP contribution is 2.20. The van der Waals surface area contributed by atoms with Crippen molar-refractivity contribution in [1.29, 1.82) is 0 Å². The van der Waals surface area contributed by atoms with Gasteiger partial charge in [-0.3, -0.25) is 9.59 Å². The lowest BCUT2D eigenvalue weighted by atomic mass is 10.1. The van der Waals surface area contributed by atoms with Gasteiger partial charge in [-0.2, -0.15) is 0 Å². The number of carbonyl (C=O) groups excluding carboxylic acids is 2. The van der Waals surface area contributed by atoms with Crippen molar-refractivity contribution in [3.8, 4) is 5.75 Å². The van der Waals surface area contributed by atoms with Crippen LogP contribution in [-0.2, 0) is 14.3 Å². The molecule has 0 saturated carbocycles. The minimum absolute atomic E-state index is 0.0172. The van der Waals surface area contributed by atoms with Crippen molar-refractivity contribution in [2.75, 3.05) is 26.4 Å². The van der Waals surface area contributed by atoms with Crippen molar-refractivity contribution < 1.29 is 23.5 Å². The second kappa shape index (κ2) is 9.39. The maximum atomic E-state index is 13.3. The zero-order chi connectivity index (χ0) is 18.2. The highest BCUT2D eigenvalue weighted by Gasteiger charge is 2.22. The molecule has 1 aliphatic heterocycles. The summed E-state index contributed by atoms with van der Waals surface area (Å²) in [6, 6.07) is 3.92. The van der Waals surface area contributed by atoms with E-state index in [1.54, 1.807) is 0 Å². The second-order valence-electron chi connectivity index (χ2n) is 5.62. The van der Waals surface area contributed by atoms with E-state index in [1.165, 1.54) is 12.1 Å². The third kappa shape index (κ3) is 6.36. The van der Waals surface area contributed by atoms with E-state index >= 15 is 0 Å². The van der Waals surface area contributed by atoms with Crippen LogP contribution in [0, 0.1) is 11.7 Å². The van der Waals surface area contributed by atoms with E-state index in [4.69, 9.17) is 21.1 Å². The zero-order valence-electron chi connectivity index (χ0n) is 13.6. The quantitative estimate of drug-likeness (QED) is 0.734. The number of rotatable bonds is 8. The second-order valence-corrected chi connectivity index (χ2v) is 6.03. The lowest BCUT2D eigenvalue weighted by Gasteiger charge is -2.12. The fourth-order valence-electron chi connectivity index (χ4n) is 2.23. The number of hydrogen-bond donors (Lipinski definition) is 2. The molecule has 136 valence electrons. The largest absolute Gasteiger partial charge is 0.484 e. The first-order valence-corrected chi connectivity index (χ1v) is 8.24. The Bertz CT molecular complexity index is 648. The molecular formula is C17H20ClFN2O4. The molecule has 1 heterocycles. The van der Waals surface area contributed by atoms with Gasteiger partial charge < -0.3 is 20.1 Å². The average Bonchev–Trinajstić information content (AvgIpc) is 3.10. The van der Waals surface area contributed by atoms with Gasteiger partial charge in [-0.1, -0.05) is 18.2 Å². The predicted octanol–water partition coefficient (Wildman–Crippen LogP) is 2.03. The van der Waals surface area contributed by atoms with E-state index in [2.05, 4.69) is 17.2 Å². The molecule has 0 aliphatic carbocycles. The van der Waals surface area contributed by atoms with Crippen LogP contribution in [0.4, 0.5) is 4.39 Å². The van der Waals surface area contributed by atoms with E-state index in [1.807, 2.05) is 0 Å². The molecule has 1 unspecified atom stereocenters.